The lowest BCUT2D eigenvalue weighted by atomic mass is 9.99. The topological polar surface area (TPSA) is 28.2 Å². The van der Waals surface area contributed by atoms with Gasteiger partial charge in [-0.2, -0.15) is 0 Å². The first-order valence-electron chi connectivity index (χ1n) is 7.32. The fraction of sp³-hybridized carbons (Fsp3) is 0.438. The van der Waals surface area contributed by atoms with E-state index in [1.807, 2.05) is 0 Å². The number of anilines is 1. The molecule has 0 saturated carbocycles. The van der Waals surface area contributed by atoms with Crippen molar-refractivity contribution in [3.63, 3.8) is 0 Å². The highest BCUT2D eigenvalue weighted by atomic mass is 32.1. The molecule has 2 heterocycles. The molecular weight excluding hydrogens is 266 g/mol. The average molecular weight is 287 g/mol. The number of benzene rings is 1. The van der Waals surface area contributed by atoms with Crippen LogP contribution in [0.2, 0.25) is 0 Å². The number of nitrogens with one attached hydrogen (secondary N) is 1. The maximum Gasteiger partial charge on any atom is 0.185 e. The highest BCUT2D eigenvalue weighted by Gasteiger charge is 2.25. The van der Waals surface area contributed by atoms with E-state index in [1.54, 1.807) is 11.3 Å². The third-order valence-corrected chi connectivity index (χ3v) is 4.78. The molecule has 1 N–H and O–H groups in total. The van der Waals surface area contributed by atoms with Crippen LogP contribution < -0.4 is 10.2 Å². The first-order valence-corrected chi connectivity index (χ1v) is 8.20. The second-order valence-electron chi connectivity index (χ2n) is 5.24. The van der Waals surface area contributed by atoms with E-state index < -0.39 is 0 Å². The monoisotopic (exact) mass is 287 g/mol. The molecule has 2 aromatic rings. The zero-order valence-electron chi connectivity index (χ0n) is 11.9. The van der Waals surface area contributed by atoms with E-state index in [9.17, 15) is 0 Å². The Bertz CT molecular complexity index is 538. The lowest BCUT2D eigenvalue weighted by molar-refractivity contribution is 0.713. The molecule has 1 unspecified atom stereocenters. The molecule has 1 aromatic heterocycles. The Morgan fingerprint density at radius 2 is 2.20 bits per heavy atom. The molecule has 1 atom stereocenters. The molecule has 3 nitrogen and oxygen atoms in total. The van der Waals surface area contributed by atoms with Crippen LogP contribution in [-0.2, 0) is 6.54 Å². The lowest BCUT2D eigenvalue weighted by Gasteiger charge is -2.15. The van der Waals surface area contributed by atoms with E-state index in [-0.39, 0.29) is 0 Å². The molecule has 1 fully saturated rings. The Hall–Kier alpha value is -1.39. The van der Waals surface area contributed by atoms with Crippen LogP contribution in [0, 0.1) is 0 Å². The van der Waals surface area contributed by atoms with Gasteiger partial charge in [0.15, 0.2) is 5.13 Å². The van der Waals surface area contributed by atoms with Gasteiger partial charge < -0.3 is 10.2 Å². The molecule has 106 valence electrons. The van der Waals surface area contributed by atoms with Crippen molar-refractivity contribution < 1.29 is 0 Å². The first-order chi connectivity index (χ1) is 9.86. The molecule has 1 saturated heterocycles. The van der Waals surface area contributed by atoms with Crippen molar-refractivity contribution in [3.8, 4) is 0 Å². The molecule has 20 heavy (non-hydrogen) atoms. The number of nitrogens with zero attached hydrogens (tertiary/aromatic N) is 2. The summed E-state index contributed by atoms with van der Waals surface area (Å²) in [5.41, 5.74) is 2.62. The average Bonchev–Trinajstić information content (AvgIpc) is 3.15. The minimum absolute atomic E-state index is 0.650. The van der Waals surface area contributed by atoms with Crippen LogP contribution in [0.5, 0.6) is 0 Å². The predicted octanol–water partition coefficient (Wildman–Crippen LogP) is 3.25. The molecular formula is C16H21N3S. The minimum Gasteiger partial charge on any atom is -0.347 e. The van der Waals surface area contributed by atoms with Crippen LogP contribution in [0.4, 0.5) is 5.13 Å². The number of thiazole rings is 1. The summed E-state index contributed by atoms with van der Waals surface area (Å²) in [6.45, 7) is 6.21. The van der Waals surface area contributed by atoms with Crippen molar-refractivity contribution in [1.82, 2.24) is 10.3 Å². The third-order valence-electron chi connectivity index (χ3n) is 3.83. The van der Waals surface area contributed by atoms with Gasteiger partial charge in [-0.1, -0.05) is 37.3 Å². The Morgan fingerprint density at radius 1 is 1.35 bits per heavy atom. The molecule has 3 rings (SSSR count). The molecule has 1 aliphatic rings. The maximum atomic E-state index is 4.74. The highest BCUT2D eigenvalue weighted by molar-refractivity contribution is 7.13. The molecule has 0 spiro atoms. The summed E-state index contributed by atoms with van der Waals surface area (Å²) in [4.78, 5) is 7.17. The Kier molecular flexibility index (Phi) is 4.33. The summed E-state index contributed by atoms with van der Waals surface area (Å²) in [6.07, 6.45) is 1.23. The van der Waals surface area contributed by atoms with Crippen molar-refractivity contribution in [2.75, 3.05) is 24.5 Å². The highest BCUT2D eigenvalue weighted by Crippen LogP contribution is 2.32. The van der Waals surface area contributed by atoms with E-state index in [0.717, 1.165) is 31.9 Å². The molecule has 4 heteroatoms. The van der Waals surface area contributed by atoms with Gasteiger partial charge in [0.05, 0.1) is 5.69 Å². The van der Waals surface area contributed by atoms with Crippen LogP contribution >= 0.6 is 11.3 Å². The molecule has 1 aliphatic heterocycles. The van der Waals surface area contributed by atoms with Crippen molar-refractivity contribution in [2.24, 2.45) is 0 Å². The minimum atomic E-state index is 0.650. The largest absolute Gasteiger partial charge is 0.347 e. The van der Waals surface area contributed by atoms with Crippen molar-refractivity contribution >= 4 is 16.5 Å². The smallest absolute Gasteiger partial charge is 0.185 e. The van der Waals surface area contributed by atoms with E-state index in [1.165, 1.54) is 17.1 Å². The Morgan fingerprint density at radius 3 is 3.00 bits per heavy atom. The maximum absolute atomic E-state index is 4.74. The Balaban J connectivity index is 1.63. The van der Waals surface area contributed by atoms with Gasteiger partial charge in [0.1, 0.15) is 0 Å². The van der Waals surface area contributed by atoms with E-state index in [2.05, 4.69) is 52.9 Å². The van der Waals surface area contributed by atoms with Crippen molar-refractivity contribution in [2.45, 2.75) is 25.8 Å². The first kappa shape index (κ1) is 13.6. The molecule has 0 amide bonds. The summed E-state index contributed by atoms with van der Waals surface area (Å²) in [6, 6.07) is 10.8. The number of rotatable bonds is 5. The number of aromatic nitrogens is 1. The van der Waals surface area contributed by atoms with Crippen LogP contribution in [0.3, 0.4) is 0 Å². The number of hydrogen-bond donors (Lipinski definition) is 1. The standard InChI is InChI=1S/C16H21N3S/c1-2-17-10-15-12-20-16(18-15)19-9-8-14(11-19)13-6-4-3-5-7-13/h3-7,12,14,17H,2,8-11H2,1H3. The zero-order valence-corrected chi connectivity index (χ0v) is 12.7. The van der Waals surface area contributed by atoms with Gasteiger partial charge in [0.2, 0.25) is 0 Å². The van der Waals surface area contributed by atoms with Gasteiger partial charge in [0, 0.05) is 30.9 Å². The molecule has 0 aliphatic carbocycles. The normalized spacial score (nSPS) is 18.6. The quantitative estimate of drug-likeness (QED) is 0.915. The molecule has 0 radical (unpaired) electrons. The van der Waals surface area contributed by atoms with Gasteiger partial charge in [-0.05, 0) is 18.5 Å². The summed E-state index contributed by atoms with van der Waals surface area (Å²) < 4.78 is 0. The second-order valence-corrected chi connectivity index (χ2v) is 6.08. The van der Waals surface area contributed by atoms with Crippen molar-refractivity contribution in [3.05, 3.63) is 47.0 Å². The van der Waals surface area contributed by atoms with E-state index in [0.29, 0.717) is 5.92 Å². The van der Waals surface area contributed by atoms with Crippen molar-refractivity contribution in [1.29, 1.82) is 0 Å². The fourth-order valence-corrected chi connectivity index (χ4v) is 3.57. The van der Waals surface area contributed by atoms with Crippen LogP contribution in [0.15, 0.2) is 35.7 Å². The summed E-state index contributed by atoms with van der Waals surface area (Å²) in [5, 5.41) is 6.68. The number of hydrogen-bond acceptors (Lipinski definition) is 4. The molecule has 1 aromatic carbocycles. The predicted molar refractivity (Wildman–Crippen MR) is 85.5 cm³/mol. The summed E-state index contributed by atoms with van der Waals surface area (Å²) in [7, 11) is 0. The van der Waals surface area contributed by atoms with E-state index >= 15 is 0 Å². The van der Waals surface area contributed by atoms with Gasteiger partial charge in [-0.15, -0.1) is 11.3 Å². The summed E-state index contributed by atoms with van der Waals surface area (Å²) >= 11 is 1.77. The van der Waals surface area contributed by atoms with Gasteiger partial charge in [0.25, 0.3) is 0 Å². The van der Waals surface area contributed by atoms with Gasteiger partial charge in [-0.3, -0.25) is 0 Å². The third kappa shape index (κ3) is 3.02. The Labute approximate surface area is 124 Å². The molecule has 0 bridgehead atoms. The van der Waals surface area contributed by atoms with Crippen LogP contribution in [0.1, 0.15) is 30.5 Å². The zero-order chi connectivity index (χ0) is 13.8. The fourth-order valence-electron chi connectivity index (χ4n) is 2.71. The van der Waals surface area contributed by atoms with Gasteiger partial charge >= 0.3 is 0 Å². The second kappa shape index (κ2) is 6.37. The van der Waals surface area contributed by atoms with Crippen LogP contribution in [0.25, 0.3) is 0 Å². The summed E-state index contributed by atoms with van der Waals surface area (Å²) in [5.74, 6) is 0.650. The van der Waals surface area contributed by atoms with Crippen LogP contribution in [-0.4, -0.2) is 24.6 Å². The van der Waals surface area contributed by atoms with Gasteiger partial charge in [-0.25, -0.2) is 4.98 Å². The lowest BCUT2D eigenvalue weighted by Crippen LogP contribution is -2.19. The van der Waals surface area contributed by atoms with E-state index in [4.69, 9.17) is 4.98 Å². The SMILES string of the molecule is CCNCc1csc(N2CCC(c3ccccc3)C2)n1.